The van der Waals surface area contributed by atoms with E-state index in [4.69, 9.17) is 32.7 Å². The Hall–Kier alpha value is -2.45. The number of carbonyl (C=O) groups is 1. The molecular formula is C26H21BrCl2N2O3S. The zero-order chi connectivity index (χ0) is 24.9. The number of nitrogens with one attached hydrogen (secondary N) is 1. The Morgan fingerprint density at radius 3 is 2.63 bits per heavy atom. The van der Waals surface area contributed by atoms with Gasteiger partial charge in [0.05, 0.1) is 27.2 Å². The summed E-state index contributed by atoms with van der Waals surface area (Å²) in [6.07, 6.45) is 1.78. The molecule has 180 valence electrons. The first-order valence-electron chi connectivity index (χ1n) is 10.7. The number of rotatable bonds is 7. The predicted molar refractivity (Wildman–Crippen MR) is 148 cm³/mol. The molecule has 0 spiro atoms. The molecule has 1 amide bonds. The molecule has 1 N–H and O–H groups in total. The molecule has 0 saturated carbocycles. The van der Waals surface area contributed by atoms with Crippen LogP contribution in [0.1, 0.15) is 23.6 Å². The largest absolute Gasteiger partial charge is 0.490 e. The average Bonchev–Trinajstić information content (AvgIpc) is 3.16. The highest BCUT2D eigenvalue weighted by molar-refractivity contribution is 9.10. The minimum absolute atomic E-state index is 0.253. The summed E-state index contributed by atoms with van der Waals surface area (Å²) in [5, 5.41) is 3.92. The molecule has 3 aromatic rings. The highest BCUT2D eigenvalue weighted by atomic mass is 79.9. The van der Waals surface area contributed by atoms with Crippen molar-refractivity contribution in [3.05, 3.63) is 90.7 Å². The molecule has 3 aromatic carbocycles. The van der Waals surface area contributed by atoms with Crippen LogP contribution in [0.3, 0.4) is 0 Å². The molecule has 1 saturated heterocycles. The number of aryl methyl sites for hydroxylation is 1. The van der Waals surface area contributed by atoms with E-state index in [-0.39, 0.29) is 5.91 Å². The van der Waals surface area contributed by atoms with Crippen LogP contribution in [0.5, 0.6) is 11.5 Å². The number of halogens is 3. The van der Waals surface area contributed by atoms with Crippen LogP contribution in [-0.2, 0) is 11.4 Å². The lowest BCUT2D eigenvalue weighted by Crippen LogP contribution is -2.19. The lowest BCUT2D eigenvalue weighted by molar-refractivity contribution is -0.115. The van der Waals surface area contributed by atoms with Crippen LogP contribution in [-0.4, -0.2) is 17.7 Å². The lowest BCUT2D eigenvalue weighted by Gasteiger charge is -2.14. The number of hydrogen-bond acceptors (Lipinski definition) is 5. The summed E-state index contributed by atoms with van der Waals surface area (Å²) >= 11 is 17.1. The molecule has 1 fully saturated rings. The van der Waals surface area contributed by atoms with Gasteiger partial charge in [-0.2, -0.15) is 0 Å². The fourth-order valence-electron chi connectivity index (χ4n) is 3.32. The van der Waals surface area contributed by atoms with E-state index in [1.54, 1.807) is 24.3 Å². The van der Waals surface area contributed by atoms with Gasteiger partial charge in [0.2, 0.25) is 0 Å². The van der Waals surface area contributed by atoms with Gasteiger partial charge in [0.25, 0.3) is 5.91 Å². The third-order valence-corrected chi connectivity index (χ3v) is 7.34. The van der Waals surface area contributed by atoms with Crippen molar-refractivity contribution < 1.29 is 14.3 Å². The highest BCUT2D eigenvalue weighted by Gasteiger charge is 2.25. The van der Waals surface area contributed by atoms with Crippen molar-refractivity contribution in [2.45, 2.75) is 20.5 Å². The molecule has 1 aliphatic rings. The van der Waals surface area contributed by atoms with Crippen LogP contribution >= 0.6 is 50.9 Å². The van der Waals surface area contributed by atoms with Gasteiger partial charge in [-0.05, 0) is 67.1 Å². The second-order valence-corrected chi connectivity index (χ2v) is 10.3. The van der Waals surface area contributed by atoms with Gasteiger partial charge in [-0.1, -0.05) is 75.0 Å². The molecule has 0 aliphatic carbocycles. The third kappa shape index (κ3) is 6.41. The van der Waals surface area contributed by atoms with Gasteiger partial charge < -0.3 is 14.8 Å². The van der Waals surface area contributed by atoms with Crippen molar-refractivity contribution in [1.29, 1.82) is 0 Å². The molecule has 35 heavy (non-hydrogen) atoms. The molecule has 0 bridgehead atoms. The van der Waals surface area contributed by atoms with Crippen molar-refractivity contribution in [1.82, 2.24) is 5.32 Å². The molecule has 0 radical (unpaired) electrons. The van der Waals surface area contributed by atoms with Crippen LogP contribution in [0.2, 0.25) is 10.0 Å². The number of thioether (sulfide) groups is 1. The van der Waals surface area contributed by atoms with E-state index in [1.807, 2.05) is 44.2 Å². The number of ether oxygens (including phenoxy) is 2. The standard InChI is InChI=1S/C26H21BrCl2N2O3S/c1-3-33-21-11-17(18(27)13-22(21)34-14-16-7-4-6-15(2)10-16)12-23-25(32)31-26(35-23)30-20-9-5-8-19(28)24(20)29/h4-13H,3,14H2,1-2H3,(H,30,31,32)/b23-12+. The Bertz CT molecular complexity index is 1340. The molecule has 0 unspecified atom stereocenters. The molecule has 0 aromatic heterocycles. The fourth-order valence-corrected chi connectivity index (χ4v) is 4.92. The quantitative estimate of drug-likeness (QED) is 0.283. The van der Waals surface area contributed by atoms with Crippen molar-refractivity contribution in [3.63, 3.8) is 0 Å². The Morgan fingerprint density at radius 2 is 1.86 bits per heavy atom. The van der Waals surface area contributed by atoms with E-state index < -0.39 is 0 Å². The summed E-state index contributed by atoms with van der Waals surface area (Å²) in [5.41, 5.74) is 3.50. The van der Waals surface area contributed by atoms with Gasteiger partial charge >= 0.3 is 0 Å². The summed E-state index contributed by atoms with van der Waals surface area (Å²) in [7, 11) is 0. The highest BCUT2D eigenvalue weighted by Crippen LogP contribution is 2.38. The minimum atomic E-state index is -0.253. The van der Waals surface area contributed by atoms with Crippen molar-refractivity contribution in [2.75, 3.05) is 6.61 Å². The molecular weight excluding hydrogens is 571 g/mol. The van der Waals surface area contributed by atoms with Crippen molar-refractivity contribution >= 4 is 73.7 Å². The van der Waals surface area contributed by atoms with Gasteiger partial charge in [-0.25, -0.2) is 4.99 Å². The summed E-state index contributed by atoms with van der Waals surface area (Å²) in [4.78, 5) is 17.5. The van der Waals surface area contributed by atoms with E-state index in [9.17, 15) is 4.79 Å². The van der Waals surface area contributed by atoms with Gasteiger partial charge in [0, 0.05) is 4.47 Å². The van der Waals surface area contributed by atoms with E-state index in [0.29, 0.717) is 50.5 Å². The maximum absolute atomic E-state index is 12.6. The first kappa shape index (κ1) is 25.6. The van der Waals surface area contributed by atoms with Crippen LogP contribution in [0.4, 0.5) is 5.69 Å². The molecule has 4 rings (SSSR count). The van der Waals surface area contributed by atoms with Gasteiger partial charge in [-0.3, -0.25) is 4.79 Å². The Balaban J connectivity index is 1.57. The smallest absolute Gasteiger partial charge is 0.264 e. The monoisotopic (exact) mass is 590 g/mol. The third-order valence-electron chi connectivity index (χ3n) is 4.93. The molecule has 5 nitrogen and oxygen atoms in total. The zero-order valence-electron chi connectivity index (χ0n) is 18.9. The number of amides is 1. The summed E-state index contributed by atoms with van der Waals surface area (Å²) in [6.45, 7) is 4.85. The van der Waals surface area contributed by atoms with Crippen LogP contribution < -0.4 is 14.8 Å². The number of aliphatic imine (C=N–C) groups is 1. The number of hydrogen-bond donors (Lipinski definition) is 1. The van der Waals surface area contributed by atoms with Crippen molar-refractivity contribution in [2.24, 2.45) is 4.99 Å². The SMILES string of the molecule is CCOc1cc(/C=C2/SC(=Nc3cccc(Cl)c3Cl)NC2=O)c(Br)cc1OCc1cccc(C)c1. The van der Waals surface area contributed by atoms with Crippen LogP contribution in [0.25, 0.3) is 6.08 Å². The zero-order valence-corrected chi connectivity index (χ0v) is 22.8. The number of amidine groups is 1. The van der Waals surface area contributed by atoms with Crippen LogP contribution in [0, 0.1) is 6.92 Å². The number of benzene rings is 3. The predicted octanol–water partition coefficient (Wildman–Crippen LogP) is 7.93. The van der Waals surface area contributed by atoms with E-state index in [1.165, 1.54) is 17.3 Å². The summed E-state index contributed by atoms with van der Waals surface area (Å²) < 4.78 is 12.7. The maximum Gasteiger partial charge on any atom is 0.264 e. The topological polar surface area (TPSA) is 59.9 Å². The summed E-state index contributed by atoms with van der Waals surface area (Å²) in [5.74, 6) is 0.957. The first-order valence-corrected chi connectivity index (χ1v) is 13.1. The first-order chi connectivity index (χ1) is 16.8. The second kappa shape index (κ2) is 11.5. The Morgan fingerprint density at radius 1 is 1.09 bits per heavy atom. The minimum Gasteiger partial charge on any atom is -0.490 e. The Kier molecular flexibility index (Phi) is 8.44. The normalized spacial score (nSPS) is 15.5. The lowest BCUT2D eigenvalue weighted by atomic mass is 10.1. The number of nitrogens with zero attached hydrogens (tertiary/aromatic N) is 1. The maximum atomic E-state index is 12.6. The van der Waals surface area contributed by atoms with Gasteiger partial charge in [0.1, 0.15) is 6.61 Å². The van der Waals surface area contributed by atoms with Crippen LogP contribution in [0.15, 0.2) is 69.0 Å². The number of carbonyl (C=O) groups excluding carboxylic acids is 1. The molecule has 9 heteroatoms. The molecule has 0 atom stereocenters. The average molecular weight is 592 g/mol. The van der Waals surface area contributed by atoms with Crippen molar-refractivity contribution in [3.8, 4) is 11.5 Å². The van der Waals surface area contributed by atoms with E-state index in [0.717, 1.165) is 15.6 Å². The van der Waals surface area contributed by atoms with E-state index >= 15 is 0 Å². The molecule has 1 aliphatic heterocycles. The fraction of sp³-hybridized carbons (Fsp3) is 0.154. The second-order valence-electron chi connectivity index (χ2n) is 7.59. The molecule has 1 heterocycles. The van der Waals surface area contributed by atoms with Gasteiger partial charge in [-0.15, -0.1) is 0 Å². The summed E-state index contributed by atoms with van der Waals surface area (Å²) in [6, 6.07) is 17.0. The Labute approximate surface area is 226 Å². The van der Waals surface area contributed by atoms with E-state index in [2.05, 4.69) is 32.3 Å². The van der Waals surface area contributed by atoms with Gasteiger partial charge in [0.15, 0.2) is 16.7 Å².